The van der Waals surface area contributed by atoms with Gasteiger partial charge in [-0.2, -0.15) is 0 Å². The summed E-state index contributed by atoms with van der Waals surface area (Å²) in [6.45, 7) is 11.0. The van der Waals surface area contributed by atoms with Crippen molar-refractivity contribution in [3.63, 3.8) is 0 Å². The summed E-state index contributed by atoms with van der Waals surface area (Å²) < 4.78 is 16.0. The Balaban J connectivity index is 4.57. The maximum absolute atomic E-state index is 12.7. The Morgan fingerprint density at radius 3 is 2.18 bits per heavy atom. The fourth-order valence-corrected chi connectivity index (χ4v) is 3.29. The van der Waals surface area contributed by atoms with Crippen LogP contribution in [0.5, 0.6) is 0 Å². The maximum atomic E-state index is 12.7. The van der Waals surface area contributed by atoms with Gasteiger partial charge in [-0.3, -0.25) is 19.2 Å². The highest BCUT2D eigenvalue weighted by Crippen LogP contribution is 2.38. The molecule has 0 bridgehead atoms. The van der Waals surface area contributed by atoms with Crippen molar-refractivity contribution in [2.24, 2.45) is 16.6 Å². The highest BCUT2D eigenvalue weighted by molar-refractivity contribution is 7.80. The summed E-state index contributed by atoms with van der Waals surface area (Å²) in [7, 11) is 0. The largest absolute Gasteiger partial charge is 0.465 e. The first-order valence-corrected chi connectivity index (χ1v) is 11.8. The van der Waals surface area contributed by atoms with Crippen LogP contribution in [0.25, 0.3) is 0 Å². The van der Waals surface area contributed by atoms with Crippen molar-refractivity contribution in [3.8, 4) is 0 Å². The van der Waals surface area contributed by atoms with E-state index in [1.807, 2.05) is 13.8 Å². The number of carbonyl (C=O) groups is 4. The van der Waals surface area contributed by atoms with E-state index in [4.69, 9.17) is 19.9 Å². The summed E-state index contributed by atoms with van der Waals surface area (Å²) >= 11 is 4.57. The summed E-state index contributed by atoms with van der Waals surface area (Å²) in [5.41, 5.74) is 3.46. The van der Waals surface area contributed by atoms with Crippen molar-refractivity contribution in [3.05, 3.63) is 0 Å². The fourth-order valence-electron chi connectivity index (χ4n) is 3.17. The van der Waals surface area contributed by atoms with Crippen LogP contribution < -0.4 is 11.1 Å². The number of nitrogens with two attached hydrogens (primary N) is 1. The molecule has 0 heterocycles. The molecule has 2 unspecified atom stereocenters. The number of amides is 1. The van der Waals surface area contributed by atoms with E-state index in [0.29, 0.717) is 13.0 Å². The molecule has 1 amide bonds. The van der Waals surface area contributed by atoms with Crippen LogP contribution in [0.4, 0.5) is 0 Å². The summed E-state index contributed by atoms with van der Waals surface area (Å²) in [5.74, 6) is -1.67. The predicted octanol–water partition coefficient (Wildman–Crippen LogP) is 3.17. The Bertz CT molecular complexity index is 696. The van der Waals surface area contributed by atoms with Crippen LogP contribution in [0, 0.1) is 10.8 Å². The molecule has 0 radical (unpaired) electrons. The molecule has 0 aliphatic heterocycles. The van der Waals surface area contributed by atoms with Crippen molar-refractivity contribution in [2.45, 2.75) is 92.6 Å². The Morgan fingerprint density at radius 2 is 1.64 bits per heavy atom. The molecule has 0 aromatic carbocycles. The van der Waals surface area contributed by atoms with Gasteiger partial charge in [0.1, 0.15) is 12.7 Å². The maximum Gasteiger partial charge on any atom is 0.311 e. The van der Waals surface area contributed by atoms with Crippen molar-refractivity contribution < 1.29 is 33.4 Å². The van der Waals surface area contributed by atoms with E-state index in [9.17, 15) is 19.2 Å². The third kappa shape index (κ3) is 12.6. The number of carbonyl (C=O) groups excluding carboxylic acids is 4. The monoisotopic (exact) mass is 488 g/mol. The second-order valence-corrected chi connectivity index (χ2v) is 9.57. The number of unbranched alkanes of at least 4 members (excludes halogenated alkanes) is 1. The number of ether oxygens (including phenoxy) is 3. The van der Waals surface area contributed by atoms with Gasteiger partial charge in [0.25, 0.3) is 0 Å². The lowest BCUT2D eigenvalue weighted by atomic mass is 9.72. The third-order valence-electron chi connectivity index (χ3n) is 5.22. The molecule has 0 aromatic rings. The molecular weight excluding hydrogens is 448 g/mol. The molecule has 0 aliphatic carbocycles. The van der Waals surface area contributed by atoms with Gasteiger partial charge in [-0.05, 0) is 65.6 Å². The van der Waals surface area contributed by atoms with Crippen molar-refractivity contribution in [1.82, 2.24) is 5.32 Å². The highest BCUT2D eigenvalue weighted by Gasteiger charge is 2.43. The Morgan fingerprint density at radius 1 is 1.00 bits per heavy atom. The van der Waals surface area contributed by atoms with E-state index >= 15 is 0 Å². The molecule has 2 atom stereocenters. The molecule has 3 N–H and O–H groups in total. The lowest BCUT2D eigenvalue weighted by Crippen LogP contribution is -2.39. The van der Waals surface area contributed by atoms with Gasteiger partial charge in [0.2, 0.25) is 5.91 Å². The first kappa shape index (κ1) is 30.8. The summed E-state index contributed by atoms with van der Waals surface area (Å²) in [6, 6.07) is 0. The standard InChI is InChI=1S/C23H40N2O7S/c1-7-9-13-30-20(29)23(6,8-2)15-22(4,5)19(28)31-14-16(3)32-18(27)12-10-11-17(26)25-21(24)33/h16H,7-15H2,1-6H3,(H3,24,25,26,33). The van der Waals surface area contributed by atoms with Gasteiger partial charge >= 0.3 is 17.9 Å². The van der Waals surface area contributed by atoms with Crippen LogP contribution >= 0.6 is 12.2 Å². The van der Waals surface area contributed by atoms with Gasteiger partial charge in [-0.1, -0.05) is 20.3 Å². The molecule has 0 fully saturated rings. The average Bonchev–Trinajstić information content (AvgIpc) is 2.70. The van der Waals surface area contributed by atoms with Crippen LogP contribution in [0.15, 0.2) is 0 Å². The van der Waals surface area contributed by atoms with Crippen LogP contribution in [0.1, 0.15) is 86.5 Å². The van der Waals surface area contributed by atoms with E-state index < -0.39 is 28.9 Å². The molecular formula is C23H40N2O7S. The number of esters is 3. The normalized spacial score (nSPS) is 13.9. The van der Waals surface area contributed by atoms with Crippen molar-refractivity contribution in [1.29, 1.82) is 0 Å². The van der Waals surface area contributed by atoms with Crippen LogP contribution in [0.3, 0.4) is 0 Å². The van der Waals surface area contributed by atoms with Gasteiger partial charge in [0.15, 0.2) is 5.11 Å². The molecule has 190 valence electrons. The number of thiocarbonyl (C=S) groups is 1. The van der Waals surface area contributed by atoms with Crippen LogP contribution in [0.2, 0.25) is 0 Å². The van der Waals surface area contributed by atoms with Gasteiger partial charge in [0.05, 0.1) is 17.4 Å². The molecule has 10 heteroatoms. The third-order valence-corrected chi connectivity index (χ3v) is 5.32. The number of hydrogen-bond acceptors (Lipinski definition) is 8. The molecule has 0 rings (SSSR count). The predicted molar refractivity (Wildman–Crippen MR) is 128 cm³/mol. The van der Waals surface area contributed by atoms with Crippen molar-refractivity contribution in [2.75, 3.05) is 13.2 Å². The SMILES string of the molecule is CCCCOC(=O)C(C)(CC)CC(C)(C)C(=O)OCC(C)OC(=O)CCCC(=O)NC(N)=S. The minimum Gasteiger partial charge on any atom is -0.465 e. The smallest absolute Gasteiger partial charge is 0.311 e. The lowest BCUT2D eigenvalue weighted by molar-refractivity contribution is -0.168. The summed E-state index contributed by atoms with van der Waals surface area (Å²) in [5, 5.41) is 2.16. The van der Waals surface area contributed by atoms with Crippen LogP contribution in [-0.2, 0) is 33.4 Å². The van der Waals surface area contributed by atoms with Crippen molar-refractivity contribution >= 4 is 41.1 Å². The Hall–Kier alpha value is -2.23. The van der Waals surface area contributed by atoms with Gasteiger partial charge in [0, 0.05) is 12.8 Å². The van der Waals surface area contributed by atoms with E-state index in [0.717, 1.165) is 12.8 Å². The molecule has 9 nitrogen and oxygen atoms in total. The first-order chi connectivity index (χ1) is 15.3. The number of nitrogens with one attached hydrogen (secondary N) is 1. The molecule has 0 saturated carbocycles. The lowest BCUT2D eigenvalue weighted by Gasteiger charge is -2.33. The minimum atomic E-state index is -0.935. The second-order valence-electron chi connectivity index (χ2n) is 9.13. The average molecular weight is 489 g/mol. The number of rotatable bonds is 15. The van der Waals surface area contributed by atoms with Gasteiger partial charge < -0.3 is 25.3 Å². The topological polar surface area (TPSA) is 134 Å². The first-order valence-electron chi connectivity index (χ1n) is 11.4. The number of hydrogen-bond donors (Lipinski definition) is 2. The molecule has 0 aliphatic rings. The van der Waals surface area contributed by atoms with Gasteiger partial charge in [-0.25, -0.2) is 0 Å². The van der Waals surface area contributed by atoms with E-state index in [-0.39, 0.29) is 49.3 Å². The van der Waals surface area contributed by atoms with Crippen LogP contribution in [-0.4, -0.2) is 48.2 Å². The molecule has 33 heavy (non-hydrogen) atoms. The highest BCUT2D eigenvalue weighted by atomic mass is 32.1. The van der Waals surface area contributed by atoms with E-state index in [1.165, 1.54) is 0 Å². The minimum absolute atomic E-state index is 0.0313. The zero-order valence-corrected chi connectivity index (χ0v) is 21.6. The summed E-state index contributed by atoms with van der Waals surface area (Å²) in [4.78, 5) is 48.6. The molecule has 0 aromatic heterocycles. The molecule has 0 saturated heterocycles. The van der Waals surface area contributed by atoms with Gasteiger partial charge in [-0.15, -0.1) is 0 Å². The zero-order valence-electron chi connectivity index (χ0n) is 20.8. The zero-order chi connectivity index (χ0) is 25.7. The van der Waals surface area contributed by atoms with E-state index in [2.05, 4.69) is 17.5 Å². The fraction of sp³-hybridized carbons (Fsp3) is 0.783. The quantitative estimate of drug-likeness (QED) is 0.154. The summed E-state index contributed by atoms with van der Waals surface area (Å²) in [6.07, 6.45) is 2.25. The second kappa shape index (κ2) is 14.8. The van der Waals surface area contributed by atoms with E-state index in [1.54, 1.807) is 27.7 Å². The molecule has 0 spiro atoms. The Kier molecular flexibility index (Phi) is 13.8. The Labute approximate surface area is 202 Å².